The van der Waals surface area contributed by atoms with Crippen LogP contribution in [0.5, 0.6) is 5.75 Å². The lowest BCUT2D eigenvalue weighted by atomic mass is 10.1. The summed E-state index contributed by atoms with van der Waals surface area (Å²) in [5.74, 6) is 0.934. The fourth-order valence-corrected chi connectivity index (χ4v) is 2.10. The molecule has 1 nitrogen and oxygen atoms in total. The third-order valence-electron chi connectivity index (χ3n) is 2.98. The number of rotatable bonds is 4. The molecule has 2 heteroatoms. The SMILES string of the molecule is CCc1ccc(COc2cc(Br)ccc2C)cc1. The molecule has 2 rings (SSSR count). The van der Waals surface area contributed by atoms with E-state index in [1.165, 1.54) is 11.1 Å². The minimum Gasteiger partial charge on any atom is -0.489 e. The van der Waals surface area contributed by atoms with Crippen molar-refractivity contribution in [3.05, 3.63) is 63.6 Å². The minimum atomic E-state index is 0.612. The van der Waals surface area contributed by atoms with Crippen LogP contribution in [0.25, 0.3) is 0 Å². The van der Waals surface area contributed by atoms with Gasteiger partial charge in [-0.15, -0.1) is 0 Å². The van der Waals surface area contributed by atoms with Gasteiger partial charge in [-0.2, -0.15) is 0 Å². The molecule has 0 saturated carbocycles. The van der Waals surface area contributed by atoms with Gasteiger partial charge in [-0.3, -0.25) is 0 Å². The van der Waals surface area contributed by atoms with Crippen LogP contribution in [0, 0.1) is 6.92 Å². The van der Waals surface area contributed by atoms with Crippen LogP contribution in [0.3, 0.4) is 0 Å². The number of halogens is 1. The van der Waals surface area contributed by atoms with Crippen LogP contribution < -0.4 is 4.74 Å². The molecule has 94 valence electrons. The fraction of sp³-hybridized carbons (Fsp3) is 0.250. The Balaban J connectivity index is 2.04. The maximum atomic E-state index is 5.85. The third-order valence-corrected chi connectivity index (χ3v) is 3.47. The first-order valence-electron chi connectivity index (χ1n) is 6.16. The predicted octanol–water partition coefficient (Wildman–Crippen LogP) is 4.90. The lowest BCUT2D eigenvalue weighted by Gasteiger charge is -2.10. The molecule has 0 atom stereocenters. The van der Waals surface area contributed by atoms with Crippen LogP contribution in [-0.2, 0) is 13.0 Å². The van der Waals surface area contributed by atoms with Gasteiger partial charge >= 0.3 is 0 Å². The first kappa shape index (κ1) is 13.2. The Morgan fingerprint density at radius 2 is 1.67 bits per heavy atom. The molecule has 0 aliphatic rings. The van der Waals surface area contributed by atoms with E-state index in [4.69, 9.17) is 4.74 Å². The molecule has 0 spiro atoms. The molecule has 18 heavy (non-hydrogen) atoms. The smallest absolute Gasteiger partial charge is 0.123 e. The standard InChI is InChI=1S/C16H17BrO/c1-3-13-5-7-14(8-6-13)11-18-16-10-15(17)9-4-12(16)2/h4-10H,3,11H2,1-2H3. The quantitative estimate of drug-likeness (QED) is 0.780. The van der Waals surface area contributed by atoms with Crippen LogP contribution in [-0.4, -0.2) is 0 Å². The zero-order valence-corrected chi connectivity index (χ0v) is 12.3. The van der Waals surface area contributed by atoms with E-state index in [2.05, 4.69) is 60.1 Å². The molecule has 0 aliphatic carbocycles. The van der Waals surface area contributed by atoms with E-state index in [1.54, 1.807) is 0 Å². The van der Waals surface area contributed by atoms with Crippen molar-refractivity contribution in [3.8, 4) is 5.75 Å². The molecule has 0 bridgehead atoms. The molecule has 0 fully saturated rings. The van der Waals surface area contributed by atoms with E-state index >= 15 is 0 Å². The molecule has 0 heterocycles. The molecule has 2 aromatic carbocycles. The molecular weight excluding hydrogens is 288 g/mol. The highest BCUT2D eigenvalue weighted by molar-refractivity contribution is 9.10. The zero-order valence-electron chi connectivity index (χ0n) is 10.7. The summed E-state index contributed by atoms with van der Waals surface area (Å²) in [6.45, 7) is 4.83. The van der Waals surface area contributed by atoms with Crippen LogP contribution in [0.15, 0.2) is 46.9 Å². The molecule has 0 radical (unpaired) electrons. The highest BCUT2D eigenvalue weighted by atomic mass is 79.9. The van der Waals surface area contributed by atoms with Gasteiger partial charge in [-0.1, -0.05) is 53.2 Å². The molecule has 0 amide bonds. The lowest BCUT2D eigenvalue weighted by molar-refractivity contribution is 0.304. The van der Waals surface area contributed by atoms with E-state index in [9.17, 15) is 0 Å². The second kappa shape index (κ2) is 6.05. The Bertz CT molecular complexity index is 517. The molecule has 2 aromatic rings. The van der Waals surface area contributed by atoms with Gasteiger partial charge in [0, 0.05) is 4.47 Å². The highest BCUT2D eigenvalue weighted by Gasteiger charge is 2.01. The Morgan fingerprint density at radius 1 is 1.00 bits per heavy atom. The van der Waals surface area contributed by atoms with Crippen molar-refractivity contribution in [2.45, 2.75) is 26.9 Å². The van der Waals surface area contributed by atoms with Crippen molar-refractivity contribution in [2.75, 3.05) is 0 Å². The molecule has 0 N–H and O–H groups in total. The van der Waals surface area contributed by atoms with Crippen molar-refractivity contribution in [2.24, 2.45) is 0 Å². The van der Waals surface area contributed by atoms with Crippen LogP contribution in [0.1, 0.15) is 23.6 Å². The maximum absolute atomic E-state index is 5.85. The fourth-order valence-electron chi connectivity index (χ4n) is 1.76. The van der Waals surface area contributed by atoms with Gasteiger partial charge in [0.1, 0.15) is 12.4 Å². The molecular formula is C16H17BrO. The zero-order chi connectivity index (χ0) is 13.0. The van der Waals surface area contributed by atoms with Crippen molar-refractivity contribution < 1.29 is 4.74 Å². The summed E-state index contributed by atoms with van der Waals surface area (Å²) < 4.78 is 6.89. The molecule has 0 aliphatic heterocycles. The molecule has 0 saturated heterocycles. The summed E-state index contributed by atoms with van der Waals surface area (Å²) >= 11 is 3.46. The number of benzene rings is 2. The van der Waals surface area contributed by atoms with Crippen molar-refractivity contribution >= 4 is 15.9 Å². The highest BCUT2D eigenvalue weighted by Crippen LogP contribution is 2.23. The lowest BCUT2D eigenvalue weighted by Crippen LogP contribution is -1.97. The summed E-state index contributed by atoms with van der Waals surface area (Å²) in [6, 6.07) is 14.7. The Kier molecular flexibility index (Phi) is 4.43. The second-order valence-corrected chi connectivity index (χ2v) is 5.28. The van der Waals surface area contributed by atoms with Crippen LogP contribution in [0.2, 0.25) is 0 Å². The average Bonchev–Trinajstić information content (AvgIpc) is 2.40. The first-order chi connectivity index (χ1) is 8.69. The summed E-state index contributed by atoms with van der Waals surface area (Å²) in [5, 5.41) is 0. The summed E-state index contributed by atoms with van der Waals surface area (Å²) in [7, 11) is 0. The monoisotopic (exact) mass is 304 g/mol. The summed E-state index contributed by atoms with van der Waals surface area (Å²) in [4.78, 5) is 0. The Labute approximate surface area is 117 Å². The minimum absolute atomic E-state index is 0.612. The van der Waals surface area contributed by atoms with Gasteiger partial charge in [-0.05, 0) is 42.2 Å². The van der Waals surface area contributed by atoms with E-state index in [0.29, 0.717) is 6.61 Å². The summed E-state index contributed by atoms with van der Waals surface area (Å²) in [5.41, 5.74) is 3.72. The van der Waals surface area contributed by atoms with Crippen LogP contribution >= 0.6 is 15.9 Å². The predicted molar refractivity (Wildman–Crippen MR) is 79.0 cm³/mol. The molecule has 0 unspecified atom stereocenters. The number of aryl methyl sites for hydroxylation is 2. The Morgan fingerprint density at radius 3 is 2.33 bits per heavy atom. The van der Waals surface area contributed by atoms with Crippen molar-refractivity contribution in [3.63, 3.8) is 0 Å². The normalized spacial score (nSPS) is 10.4. The number of hydrogen-bond acceptors (Lipinski definition) is 1. The summed E-state index contributed by atoms with van der Waals surface area (Å²) in [6.07, 6.45) is 1.08. The van der Waals surface area contributed by atoms with Gasteiger partial charge in [-0.25, -0.2) is 0 Å². The first-order valence-corrected chi connectivity index (χ1v) is 6.95. The second-order valence-electron chi connectivity index (χ2n) is 4.37. The Hall–Kier alpha value is -1.28. The van der Waals surface area contributed by atoms with Crippen molar-refractivity contribution in [1.82, 2.24) is 0 Å². The van der Waals surface area contributed by atoms with Crippen LogP contribution in [0.4, 0.5) is 0 Å². The maximum Gasteiger partial charge on any atom is 0.123 e. The number of hydrogen-bond donors (Lipinski definition) is 0. The van der Waals surface area contributed by atoms with Gasteiger partial charge in [0.15, 0.2) is 0 Å². The topological polar surface area (TPSA) is 9.23 Å². The van der Waals surface area contributed by atoms with Gasteiger partial charge in [0.05, 0.1) is 0 Å². The van der Waals surface area contributed by atoms with Gasteiger partial charge in [0.2, 0.25) is 0 Å². The molecule has 0 aromatic heterocycles. The average molecular weight is 305 g/mol. The van der Waals surface area contributed by atoms with Gasteiger partial charge in [0.25, 0.3) is 0 Å². The van der Waals surface area contributed by atoms with E-state index < -0.39 is 0 Å². The number of ether oxygens (including phenoxy) is 1. The largest absolute Gasteiger partial charge is 0.489 e. The van der Waals surface area contributed by atoms with E-state index in [-0.39, 0.29) is 0 Å². The third kappa shape index (κ3) is 3.36. The van der Waals surface area contributed by atoms with Crippen molar-refractivity contribution in [1.29, 1.82) is 0 Å². The van der Waals surface area contributed by atoms with E-state index in [0.717, 1.165) is 22.2 Å². The van der Waals surface area contributed by atoms with Gasteiger partial charge < -0.3 is 4.74 Å². The van der Waals surface area contributed by atoms with E-state index in [1.807, 2.05) is 12.1 Å².